The molecule has 0 aliphatic carbocycles. The molecule has 4 nitrogen and oxygen atoms in total. The first-order valence-corrected chi connectivity index (χ1v) is 6.55. The third-order valence-corrected chi connectivity index (χ3v) is 3.33. The van der Waals surface area contributed by atoms with Crippen LogP contribution < -0.4 is 5.32 Å². The molecule has 2 N–H and O–H groups in total. The van der Waals surface area contributed by atoms with E-state index >= 15 is 0 Å². The fraction of sp³-hybridized carbons (Fsp3) is 0.200. The topological polar surface area (TPSA) is 62.2 Å². The Bertz CT molecular complexity index is 656. The van der Waals surface area contributed by atoms with Gasteiger partial charge in [-0.25, -0.2) is 9.78 Å². The lowest BCUT2D eigenvalue weighted by Crippen LogP contribution is -2.11. The smallest absolute Gasteiger partial charge is 0.339 e. The highest BCUT2D eigenvalue weighted by molar-refractivity contribution is 6.31. The molecular formula is C15H15ClN2O2. The van der Waals surface area contributed by atoms with E-state index in [-0.39, 0.29) is 5.56 Å². The minimum absolute atomic E-state index is 0.197. The van der Waals surface area contributed by atoms with Gasteiger partial charge in [-0.3, -0.25) is 0 Å². The third kappa shape index (κ3) is 3.08. The van der Waals surface area contributed by atoms with Gasteiger partial charge >= 0.3 is 5.97 Å². The van der Waals surface area contributed by atoms with Gasteiger partial charge in [0.25, 0.3) is 0 Å². The third-order valence-electron chi connectivity index (χ3n) is 2.96. The summed E-state index contributed by atoms with van der Waals surface area (Å²) in [5.74, 6) is -0.619. The molecule has 1 heterocycles. The Kier molecular flexibility index (Phi) is 4.25. The van der Waals surface area contributed by atoms with Crippen molar-refractivity contribution >= 4 is 23.4 Å². The fourth-order valence-corrected chi connectivity index (χ4v) is 2.26. The zero-order valence-corrected chi connectivity index (χ0v) is 12.0. The van der Waals surface area contributed by atoms with Gasteiger partial charge in [0.15, 0.2) is 0 Å². The Morgan fingerprint density at radius 2 is 2.05 bits per heavy atom. The van der Waals surface area contributed by atoms with Crippen LogP contribution in [0.3, 0.4) is 0 Å². The number of aromatic nitrogens is 1. The lowest BCUT2D eigenvalue weighted by Gasteiger charge is -2.12. The highest BCUT2D eigenvalue weighted by Gasteiger charge is 2.15. The summed E-state index contributed by atoms with van der Waals surface area (Å²) in [7, 11) is 0. The van der Waals surface area contributed by atoms with Crippen LogP contribution in [0.2, 0.25) is 5.02 Å². The Morgan fingerprint density at radius 1 is 1.35 bits per heavy atom. The van der Waals surface area contributed by atoms with Crippen molar-refractivity contribution < 1.29 is 9.90 Å². The van der Waals surface area contributed by atoms with E-state index in [4.69, 9.17) is 11.6 Å². The molecule has 0 saturated heterocycles. The molecule has 0 fully saturated rings. The van der Waals surface area contributed by atoms with Crippen LogP contribution in [0.5, 0.6) is 0 Å². The van der Waals surface area contributed by atoms with E-state index in [1.54, 1.807) is 19.1 Å². The Morgan fingerprint density at radius 3 is 2.70 bits per heavy atom. The molecule has 0 aliphatic heterocycles. The van der Waals surface area contributed by atoms with Gasteiger partial charge in [0.05, 0.1) is 0 Å². The van der Waals surface area contributed by atoms with Crippen molar-refractivity contribution in [2.45, 2.75) is 20.4 Å². The Balaban J connectivity index is 2.30. The molecule has 0 bridgehead atoms. The number of hydrogen-bond donors (Lipinski definition) is 2. The van der Waals surface area contributed by atoms with Crippen molar-refractivity contribution in [3.05, 3.63) is 57.7 Å². The first-order valence-electron chi connectivity index (χ1n) is 6.18. The lowest BCUT2D eigenvalue weighted by atomic mass is 10.1. The number of carboxylic acid groups (broad SMARTS) is 1. The molecule has 0 unspecified atom stereocenters. The summed E-state index contributed by atoms with van der Waals surface area (Å²) < 4.78 is 0. The minimum atomic E-state index is -0.989. The monoisotopic (exact) mass is 290 g/mol. The number of aromatic carboxylic acids is 1. The molecule has 1 aromatic heterocycles. The summed E-state index contributed by atoms with van der Waals surface area (Å²) >= 11 is 6.08. The largest absolute Gasteiger partial charge is 0.478 e. The van der Waals surface area contributed by atoms with E-state index in [1.165, 1.54) is 0 Å². The van der Waals surface area contributed by atoms with Crippen molar-refractivity contribution in [2.24, 2.45) is 0 Å². The van der Waals surface area contributed by atoms with Gasteiger partial charge in [-0.1, -0.05) is 29.8 Å². The second-order valence-corrected chi connectivity index (χ2v) is 4.96. The van der Waals surface area contributed by atoms with Gasteiger partial charge in [0.2, 0.25) is 0 Å². The summed E-state index contributed by atoms with van der Waals surface area (Å²) in [5, 5.41) is 13.0. The molecule has 1 aromatic carbocycles. The maximum Gasteiger partial charge on any atom is 0.339 e. The van der Waals surface area contributed by atoms with Gasteiger partial charge in [-0.2, -0.15) is 0 Å². The van der Waals surface area contributed by atoms with Gasteiger partial charge in [-0.15, -0.1) is 0 Å². The minimum Gasteiger partial charge on any atom is -0.478 e. The molecule has 0 saturated carbocycles. The van der Waals surface area contributed by atoms with Crippen LogP contribution in [0.4, 0.5) is 5.82 Å². The van der Waals surface area contributed by atoms with E-state index in [1.807, 2.05) is 25.1 Å². The number of halogens is 1. The Labute approximate surface area is 122 Å². The van der Waals surface area contributed by atoms with Crippen LogP contribution >= 0.6 is 11.6 Å². The quantitative estimate of drug-likeness (QED) is 0.902. The molecule has 0 radical (unpaired) electrons. The van der Waals surface area contributed by atoms with E-state index < -0.39 is 5.97 Å². The molecule has 20 heavy (non-hydrogen) atoms. The zero-order chi connectivity index (χ0) is 14.7. The number of aryl methyl sites for hydroxylation is 2. The van der Waals surface area contributed by atoms with E-state index in [2.05, 4.69) is 10.3 Å². The fourth-order valence-electron chi connectivity index (χ4n) is 2.06. The van der Waals surface area contributed by atoms with Crippen molar-refractivity contribution in [3.8, 4) is 0 Å². The average Bonchev–Trinajstić information content (AvgIpc) is 2.36. The lowest BCUT2D eigenvalue weighted by molar-refractivity contribution is 0.0697. The van der Waals surface area contributed by atoms with Gasteiger partial charge in [-0.05, 0) is 37.1 Å². The number of hydrogen-bond acceptors (Lipinski definition) is 3. The van der Waals surface area contributed by atoms with Crippen LogP contribution in [-0.2, 0) is 6.54 Å². The maximum absolute atomic E-state index is 11.3. The van der Waals surface area contributed by atoms with Gasteiger partial charge in [0.1, 0.15) is 11.4 Å². The molecule has 2 rings (SSSR count). The van der Waals surface area contributed by atoms with Gasteiger partial charge in [0, 0.05) is 17.3 Å². The van der Waals surface area contributed by atoms with Gasteiger partial charge < -0.3 is 10.4 Å². The molecule has 104 valence electrons. The highest BCUT2D eigenvalue weighted by atomic mass is 35.5. The summed E-state index contributed by atoms with van der Waals surface area (Å²) in [4.78, 5) is 15.6. The van der Waals surface area contributed by atoms with E-state index in [9.17, 15) is 9.90 Å². The van der Waals surface area contributed by atoms with Crippen molar-refractivity contribution in [3.63, 3.8) is 0 Å². The van der Waals surface area contributed by atoms with Crippen LogP contribution in [0, 0.1) is 13.8 Å². The molecule has 0 atom stereocenters. The number of nitrogens with zero attached hydrogens (tertiary/aromatic N) is 1. The van der Waals surface area contributed by atoms with Crippen LogP contribution in [-0.4, -0.2) is 16.1 Å². The summed E-state index contributed by atoms with van der Waals surface area (Å²) in [6.07, 6.45) is 0. The molecule has 5 heteroatoms. The molecule has 0 spiro atoms. The van der Waals surface area contributed by atoms with Crippen LogP contribution in [0.25, 0.3) is 0 Å². The predicted molar refractivity (Wildman–Crippen MR) is 79.4 cm³/mol. The van der Waals surface area contributed by atoms with Crippen molar-refractivity contribution in [2.75, 3.05) is 5.32 Å². The standard InChI is InChI=1S/C15H15ClN2O2/c1-9-7-10(2)18-14(13(9)15(19)20)17-8-11-5-3-4-6-12(11)16/h3-7H,8H2,1-2H3,(H,17,18)(H,19,20). The number of rotatable bonds is 4. The number of benzene rings is 1. The first-order chi connectivity index (χ1) is 9.49. The van der Waals surface area contributed by atoms with Crippen LogP contribution in [0.15, 0.2) is 30.3 Å². The number of nitrogens with one attached hydrogen (secondary N) is 1. The first kappa shape index (κ1) is 14.3. The summed E-state index contributed by atoms with van der Waals surface area (Å²) in [6.45, 7) is 4.02. The zero-order valence-electron chi connectivity index (χ0n) is 11.3. The molecule has 0 amide bonds. The normalized spacial score (nSPS) is 10.3. The number of pyridine rings is 1. The number of anilines is 1. The second kappa shape index (κ2) is 5.92. The molecular weight excluding hydrogens is 276 g/mol. The number of carboxylic acids is 1. The average molecular weight is 291 g/mol. The predicted octanol–water partition coefficient (Wildman–Crippen LogP) is 3.66. The van der Waals surface area contributed by atoms with E-state index in [0.717, 1.165) is 11.3 Å². The maximum atomic E-state index is 11.3. The SMILES string of the molecule is Cc1cc(C)c(C(=O)O)c(NCc2ccccc2Cl)n1. The molecule has 2 aromatic rings. The second-order valence-electron chi connectivity index (χ2n) is 4.55. The van der Waals surface area contributed by atoms with Crippen molar-refractivity contribution in [1.29, 1.82) is 0 Å². The van der Waals surface area contributed by atoms with Crippen LogP contribution in [0.1, 0.15) is 27.2 Å². The molecule has 0 aliphatic rings. The Hall–Kier alpha value is -2.07. The number of carbonyl (C=O) groups is 1. The van der Waals surface area contributed by atoms with E-state index in [0.29, 0.717) is 22.9 Å². The summed E-state index contributed by atoms with van der Waals surface area (Å²) in [5.41, 5.74) is 2.55. The highest BCUT2D eigenvalue weighted by Crippen LogP contribution is 2.21. The summed E-state index contributed by atoms with van der Waals surface area (Å²) in [6, 6.07) is 9.17. The van der Waals surface area contributed by atoms with Crippen molar-refractivity contribution in [1.82, 2.24) is 4.98 Å².